The summed E-state index contributed by atoms with van der Waals surface area (Å²) in [6.07, 6.45) is 2.51. The number of nitrogens with zero attached hydrogens (tertiary/aromatic N) is 2. The molecule has 2 heterocycles. The third-order valence-electron chi connectivity index (χ3n) is 7.32. The lowest BCUT2D eigenvalue weighted by molar-refractivity contribution is -0.139. The van der Waals surface area contributed by atoms with E-state index >= 15 is 0 Å². The van der Waals surface area contributed by atoms with Crippen LogP contribution in [0.4, 0.5) is 11.4 Å². The van der Waals surface area contributed by atoms with Gasteiger partial charge in [0.2, 0.25) is 17.7 Å². The highest BCUT2D eigenvalue weighted by Crippen LogP contribution is 2.42. The standard InChI is InChI=1S/C27H28N2O6/c1-16-6-11-22-23(12-16)26(32)29(25(22)31)18-7-9-20(10-8-18)35-27(33)17-13-24(30)28(15-17)19-4-3-5-21(14-19)34-2/h3-5,7-10,14,16-17,22-23H,6,11-13,15H2,1-2H3/t16-,17+,22+,23+/m0/s1. The van der Waals surface area contributed by atoms with E-state index in [9.17, 15) is 19.2 Å². The molecule has 1 saturated carbocycles. The second-order valence-corrected chi connectivity index (χ2v) is 9.66. The highest BCUT2D eigenvalue weighted by molar-refractivity contribution is 6.22. The number of carbonyl (C=O) groups excluding carboxylic acids is 4. The van der Waals surface area contributed by atoms with E-state index in [1.165, 1.54) is 4.90 Å². The van der Waals surface area contributed by atoms with E-state index in [0.717, 1.165) is 19.3 Å². The first kappa shape index (κ1) is 23.1. The van der Waals surface area contributed by atoms with Crippen molar-refractivity contribution >= 4 is 35.1 Å². The van der Waals surface area contributed by atoms with Gasteiger partial charge in [0.05, 0.1) is 30.6 Å². The summed E-state index contributed by atoms with van der Waals surface area (Å²) in [5.41, 5.74) is 1.16. The van der Waals surface area contributed by atoms with E-state index < -0.39 is 11.9 Å². The SMILES string of the molecule is COc1cccc(N2C[C@H](C(=O)Oc3ccc(N4C(=O)[C@@H]5CC[C@H](C)C[C@H]5C4=O)cc3)CC2=O)c1. The number of hydrogen-bond donors (Lipinski definition) is 0. The molecule has 2 aromatic rings. The Morgan fingerprint density at radius 2 is 1.66 bits per heavy atom. The van der Waals surface area contributed by atoms with E-state index in [1.807, 2.05) is 0 Å². The Labute approximate surface area is 203 Å². The lowest BCUT2D eigenvalue weighted by atomic mass is 9.76. The Kier molecular flexibility index (Phi) is 6.05. The molecule has 1 aliphatic carbocycles. The van der Waals surface area contributed by atoms with Gasteiger partial charge in [-0.15, -0.1) is 0 Å². The van der Waals surface area contributed by atoms with Crippen LogP contribution in [0.15, 0.2) is 48.5 Å². The topological polar surface area (TPSA) is 93.2 Å². The van der Waals surface area contributed by atoms with Crippen LogP contribution in [0.5, 0.6) is 11.5 Å². The lowest BCUT2D eigenvalue weighted by Gasteiger charge is -2.25. The van der Waals surface area contributed by atoms with Gasteiger partial charge in [-0.05, 0) is 61.6 Å². The number of imide groups is 1. The molecule has 0 radical (unpaired) electrons. The summed E-state index contributed by atoms with van der Waals surface area (Å²) in [4.78, 5) is 53.9. The van der Waals surface area contributed by atoms with Crippen molar-refractivity contribution in [3.63, 3.8) is 0 Å². The Hall–Kier alpha value is -3.68. The summed E-state index contributed by atoms with van der Waals surface area (Å²) >= 11 is 0. The lowest BCUT2D eigenvalue weighted by Crippen LogP contribution is -2.30. The molecule has 4 atom stereocenters. The van der Waals surface area contributed by atoms with E-state index in [4.69, 9.17) is 9.47 Å². The van der Waals surface area contributed by atoms with Crippen molar-refractivity contribution in [2.45, 2.75) is 32.6 Å². The van der Waals surface area contributed by atoms with Crippen molar-refractivity contribution in [1.82, 2.24) is 0 Å². The second kappa shape index (κ2) is 9.17. The predicted octanol–water partition coefficient (Wildman–Crippen LogP) is 3.58. The molecule has 3 fully saturated rings. The van der Waals surface area contributed by atoms with Crippen LogP contribution in [0.3, 0.4) is 0 Å². The molecule has 0 aromatic heterocycles. The number of amides is 3. The van der Waals surface area contributed by atoms with Crippen LogP contribution in [-0.4, -0.2) is 37.3 Å². The van der Waals surface area contributed by atoms with E-state index in [-0.39, 0.29) is 42.5 Å². The first-order valence-electron chi connectivity index (χ1n) is 12.0. The van der Waals surface area contributed by atoms with Gasteiger partial charge in [0, 0.05) is 24.7 Å². The van der Waals surface area contributed by atoms with Crippen LogP contribution in [-0.2, 0) is 19.2 Å². The largest absolute Gasteiger partial charge is 0.497 e. The van der Waals surface area contributed by atoms with Gasteiger partial charge in [-0.2, -0.15) is 0 Å². The molecule has 8 nitrogen and oxygen atoms in total. The number of esters is 1. The predicted molar refractivity (Wildman–Crippen MR) is 128 cm³/mol. The molecule has 2 aromatic carbocycles. The fourth-order valence-electron chi connectivity index (χ4n) is 5.40. The normalized spacial score (nSPS) is 26.2. The van der Waals surface area contributed by atoms with E-state index in [2.05, 4.69) is 6.92 Å². The summed E-state index contributed by atoms with van der Waals surface area (Å²) in [7, 11) is 1.55. The summed E-state index contributed by atoms with van der Waals surface area (Å²) in [5, 5.41) is 0. The number of benzene rings is 2. The third-order valence-corrected chi connectivity index (χ3v) is 7.32. The molecular formula is C27H28N2O6. The molecule has 35 heavy (non-hydrogen) atoms. The fourth-order valence-corrected chi connectivity index (χ4v) is 5.40. The first-order chi connectivity index (χ1) is 16.9. The van der Waals surface area contributed by atoms with Crippen LogP contribution in [0.1, 0.15) is 32.6 Å². The number of hydrogen-bond acceptors (Lipinski definition) is 6. The van der Waals surface area contributed by atoms with Crippen molar-refractivity contribution in [3.05, 3.63) is 48.5 Å². The Bertz CT molecular complexity index is 1180. The Balaban J connectivity index is 1.24. The highest BCUT2D eigenvalue weighted by Gasteiger charge is 2.50. The number of ether oxygens (including phenoxy) is 2. The van der Waals surface area contributed by atoms with Crippen molar-refractivity contribution in [1.29, 1.82) is 0 Å². The summed E-state index contributed by atoms with van der Waals surface area (Å²) in [5.74, 6) is -0.627. The molecular weight excluding hydrogens is 448 g/mol. The number of fused-ring (bicyclic) bond motifs is 1. The summed E-state index contributed by atoms with van der Waals surface area (Å²) in [6, 6.07) is 13.5. The minimum absolute atomic E-state index is 0.0616. The van der Waals surface area contributed by atoms with Crippen molar-refractivity contribution in [2.24, 2.45) is 23.7 Å². The van der Waals surface area contributed by atoms with Crippen molar-refractivity contribution in [2.75, 3.05) is 23.5 Å². The molecule has 2 aliphatic heterocycles. The van der Waals surface area contributed by atoms with Crippen LogP contribution in [0.2, 0.25) is 0 Å². The van der Waals surface area contributed by atoms with Crippen LogP contribution < -0.4 is 19.3 Å². The minimum atomic E-state index is -0.597. The average Bonchev–Trinajstić information content (AvgIpc) is 3.37. The van der Waals surface area contributed by atoms with E-state index in [0.29, 0.717) is 28.8 Å². The molecule has 0 unspecified atom stereocenters. The number of anilines is 2. The summed E-state index contributed by atoms with van der Waals surface area (Å²) < 4.78 is 10.7. The van der Waals surface area contributed by atoms with Crippen LogP contribution >= 0.6 is 0 Å². The molecule has 8 heteroatoms. The fraction of sp³-hybridized carbons (Fsp3) is 0.407. The molecule has 0 N–H and O–H groups in total. The smallest absolute Gasteiger partial charge is 0.316 e. The molecule has 2 saturated heterocycles. The third kappa shape index (κ3) is 4.29. The Morgan fingerprint density at radius 1 is 0.914 bits per heavy atom. The minimum Gasteiger partial charge on any atom is -0.497 e. The van der Waals surface area contributed by atoms with Gasteiger partial charge in [0.15, 0.2) is 0 Å². The van der Waals surface area contributed by atoms with Gasteiger partial charge in [-0.3, -0.25) is 24.1 Å². The van der Waals surface area contributed by atoms with Gasteiger partial charge >= 0.3 is 5.97 Å². The molecule has 0 spiro atoms. The van der Waals surface area contributed by atoms with Crippen LogP contribution in [0, 0.1) is 23.7 Å². The maximum absolute atomic E-state index is 12.9. The number of methoxy groups -OCH3 is 1. The zero-order valence-corrected chi connectivity index (χ0v) is 19.8. The Morgan fingerprint density at radius 3 is 2.40 bits per heavy atom. The zero-order chi connectivity index (χ0) is 24.7. The molecule has 5 rings (SSSR count). The van der Waals surface area contributed by atoms with Gasteiger partial charge in [-0.1, -0.05) is 13.0 Å². The molecule has 182 valence electrons. The average molecular weight is 477 g/mol. The van der Waals surface area contributed by atoms with Crippen LogP contribution in [0.25, 0.3) is 0 Å². The quantitative estimate of drug-likeness (QED) is 0.372. The first-order valence-corrected chi connectivity index (χ1v) is 12.0. The van der Waals surface area contributed by atoms with E-state index in [1.54, 1.807) is 60.5 Å². The molecule has 0 bridgehead atoms. The number of carbonyl (C=O) groups is 4. The highest BCUT2D eigenvalue weighted by atomic mass is 16.5. The maximum atomic E-state index is 12.9. The van der Waals surface area contributed by atoms with Gasteiger partial charge in [-0.25, -0.2) is 0 Å². The molecule has 3 aliphatic rings. The van der Waals surface area contributed by atoms with Crippen molar-refractivity contribution in [3.8, 4) is 11.5 Å². The summed E-state index contributed by atoms with van der Waals surface area (Å²) in [6.45, 7) is 2.34. The van der Waals surface area contributed by atoms with Crippen molar-refractivity contribution < 1.29 is 28.7 Å². The van der Waals surface area contributed by atoms with Gasteiger partial charge in [0.1, 0.15) is 11.5 Å². The molecule has 3 amide bonds. The maximum Gasteiger partial charge on any atom is 0.316 e. The second-order valence-electron chi connectivity index (χ2n) is 9.66. The monoisotopic (exact) mass is 476 g/mol. The number of rotatable bonds is 5. The van der Waals surface area contributed by atoms with Gasteiger partial charge in [0.25, 0.3) is 0 Å². The zero-order valence-electron chi connectivity index (χ0n) is 19.8. The van der Waals surface area contributed by atoms with Gasteiger partial charge < -0.3 is 14.4 Å².